The number of hydrogen-bond acceptors (Lipinski definition) is 9. The Bertz CT molecular complexity index is 950. The average molecular weight is 435 g/mol. The van der Waals surface area contributed by atoms with E-state index in [1.54, 1.807) is 54.1 Å². The highest BCUT2D eigenvalue weighted by atomic mass is 35.5. The van der Waals surface area contributed by atoms with Crippen LogP contribution in [0.2, 0.25) is 5.02 Å². The third-order valence-corrected chi connectivity index (χ3v) is 5.75. The first kappa shape index (κ1) is 19.2. The molecule has 1 aromatic heterocycles. The molecule has 0 aliphatic carbocycles. The molecule has 2 aliphatic rings. The summed E-state index contributed by atoms with van der Waals surface area (Å²) in [5.74, 6) is 3.80. The normalized spacial score (nSPS) is 18.9. The summed E-state index contributed by atoms with van der Waals surface area (Å²) in [7, 11) is 0. The minimum absolute atomic E-state index is 0.0308. The number of ether oxygens (including phenoxy) is 1. The smallest absolute Gasteiger partial charge is 0.190 e. The number of amidine groups is 1. The molecule has 0 fully saturated rings. The van der Waals surface area contributed by atoms with Crippen LogP contribution in [0.15, 0.2) is 51.5 Å². The van der Waals surface area contributed by atoms with Crippen LogP contribution in [-0.2, 0) is 0 Å². The molecule has 146 valence electrons. The zero-order chi connectivity index (χ0) is 19.7. The Balaban J connectivity index is 1.67. The molecule has 0 bridgehead atoms. The van der Waals surface area contributed by atoms with Crippen LogP contribution in [0.1, 0.15) is 19.4 Å². The van der Waals surface area contributed by atoms with Gasteiger partial charge < -0.3 is 10.1 Å². The van der Waals surface area contributed by atoms with Crippen molar-refractivity contribution in [3.05, 3.63) is 46.9 Å². The van der Waals surface area contributed by atoms with E-state index in [0.717, 1.165) is 33.2 Å². The number of anilines is 1. The minimum Gasteiger partial charge on any atom is -0.461 e. The fourth-order valence-electron chi connectivity index (χ4n) is 2.85. The number of aliphatic imine (C=N–C) groups is 1. The largest absolute Gasteiger partial charge is 0.461 e. The number of aromatic nitrogens is 2. The van der Waals surface area contributed by atoms with Gasteiger partial charge in [0.15, 0.2) is 16.8 Å². The van der Waals surface area contributed by atoms with Crippen molar-refractivity contribution in [2.24, 2.45) is 4.99 Å². The van der Waals surface area contributed by atoms with Gasteiger partial charge in [0.1, 0.15) is 29.0 Å². The van der Waals surface area contributed by atoms with E-state index in [-0.39, 0.29) is 6.17 Å². The molecule has 0 saturated carbocycles. The Morgan fingerprint density at radius 2 is 2.07 bits per heavy atom. The molecule has 2 aliphatic heterocycles. The van der Waals surface area contributed by atoms with Crippen molar-refractivity contribution >= 4 is 46.8 Å². The first-order valence-corrected chi connectivity index (χ1v) is 11.3. The van der Waals surface area contributed by atoms with Gasteiger partial charge in [-0.05, 0) is 43.2 Å². The van der Waals surface area contributed by atoms with Gasteiger partial charge in [-0.15, -0.1) is 11.8 Å². The van der Waals surface area contributed by atoms with Crippen molar-refractivity contribution in [1.29, 1.82) is 0 Å². The highest BCUT2D eigenvalue weighted by molar-refractivity contribution is 7.99. The molecule has 1 aromatic carbocycles. The zero-order valence-electron chi connectivity index (χ0n) is 15.6. The van der Waals surface area contributed by atoms with Gasteiger partial charge in [0, 0.05) is 5.02 Å². The fraction of sp³-hybridized carbons (Fsp3) is 0.278. The van der Waals surface area contributed by atoms with Crippen molar-refractivity contribution in [2.45, 2.75) is 30.2 Å². The Kier molecular flexibility index (Phi) is 5.56. The van der Waals surface area contributed by atoms with Crippen LogP contribution in [0.3, 0.4) is 0 Å². The summed E-state index contributed by atoms with van der Waals surface area (Å²) in [4.78, 5) is 14.1. The lowest BCUT2D eigenvalue weighted by atomic mass is 10.2. The van der Waals surface area contributed by atoms with Gasteiger partial charge in [-0.2, -0.15) is 0 Å². The molecule has 0 amide bonds. The Morgan fingerprint density at radius 1 is 1.29 bits per heavy atom. The van der Waals surface area contributed by atoms with Gasteiger partial charge in [0.25, 0.3) is 0 Å². The second kappa shape index (κ2) is 8.10. The quantitative estimate of drug-likeness (QED) is 0.314. The number of halogens is 1. The van der Waals surface area contributed by atoms with E-state index in [1.807, 2.05) is 18.2 Å². The van der Waals surface area contributed by atoms with E-state index in [0.29, 0.717) is 16.6 Å². The molecular formula is C18H19ClN6OS2. The zero-order valence-corrected chi connectivity index (χ0v) is 18.0. The van der Waals surface area contributed by atoms with Crippen LogP contribution in [0.4, 0.5) is 5.82 Å². The maximum Gasteiger partial charge on any atom is 0.190 e. The summed E-state index contributed by atoms with van der Waals surface area (Å²) in [6.45, 7) is 4.13. The van der Waals surface area contributed by atoms with Gasteiger partial charge >= 0.3 is 0 Å². The number of rotatable bonds is 5. The van der Waals surface area contributed by atoms with Crippen molar-refractivity contribution in [3.63, 3.8) is 0 Å². The summed E-state index contributed by atoms with van der Waals surface area (Å²) in [6.07, 6.45) is 3.56. The van der Waals surface area contributed by atoms with Gasteiger partial charge in [-0.25, -0.2) is 20.0 Å². The van der Waals surface area contributed by atoms with Crippen LogP contribution >= 0.6 is 35.1 Å². The molecule has 3 heterocycles. The van der Waals surface area contributed by atoms with Crippen LogP contribution < -0.4 is 15.5 Å². The lowest BCUT2D eigenvalue weighted by Crippen LogP contribution is -2.51. The summed E-state index contributed by atoms with van der Waals surface area (Å²) in [5.41, 5.74) is 4.16. The Hall–Kier alpha value is -2.10. The predicted molar refractivity (Wildman–Crippen MR) is 115 cm³/mol. The number of hydrazine groups is 1. The molecule has 28 heavy (non-hydrogen) atoms. The SMILES string of the molecule is CCSc1nc2c(c(SC)n1)C1=NC(=COc3ccc(Cl)cc3)NN1C(C)N2. The van der Waals surface area contributed by atoms with Crippen molar-refractivity contribution in [1.82, 2.24) is 20.4 Å². The van der Waals surface area contributed by atoms with Crippen molar-refractivity contribution in [3.8, 4) is 5.75 Å². The van der Waals surface area contributed by atoms with Gasteiger partial charge in [-0.3, -0.25) is 5.43 Å². The van der Waals surface area contributed by atoms with Gasteiger partial charge in [0.05, 0.1) is 5.56 Å². The predicted octanol–water partition coefficient (Wildman–Crippen LogP) is 4.18. The standard InChI is InChI=1S/C18H19ClN6OS2/c1-4-28-18-22-15-14(17(23-18)27-3)16-21-13(24-25(16)10(2)20-15)9-26-12-7-5-11(19)6-8-12/h5-10,24H,4H2,1-3H3,(H,20,22,23). The van der Waals surface area contributed by atoms with E-state index in [4.69, 9.17) is 21.3 Å². The second-order valence-electron chi connectivity index (χ2n) is 5.98. The van der Waals surface area contributed by atoms with E-state index < -0.39 is 0 Å². The third kappa shape index (κ3) is 3.74. The number of nitrogens with one attached hydrogen (secondary N) is 2. The van der Waals surface area contributed by atoms with Crippen molar-refractivity contribution in [2.75, 3.05) is 17.3 Å². The Labute approximate surface area is 177 Å². The van der Waals surface area contributed by atoms with E-state index in [1.165, 1.54) is 0 Å². The molecule has 4 rings (SSSR count). The lowest BCUT2D eigenvalue weighted by molar-refractivity contribution is 0.298. The highest BCUT2D eigenvalue weighted by Crippen LogP contribution is 2.34. The summed E-state index contributed by atoms with van der Waals surface area (Å²) >= 11 is 9.12. The molecule has 0 radical (unpaired) electrons. The van der Waals surface area contributed by atoms with Gasteiger partial charge in [0.2, 0.25) is 0 Å². The molecule has 0 saturated heterocycles. The molecule has 10 heteroatoms. The summed E-state index contributed by atoms with van der Waals surface area (Å²) in [5, 5.41) is 7.71. The van der Waals surface area contributed by atoms with Crippen molar-refractivity contribution < 1.29 is 4.74 Å². The highest BCUT2D eigenvalue weighted by Gasteiger charge is 2.36. The van der Waals surface area contributed by atoms with Crippen LogP contribution in [0.25, 0.3) is 0 Å². The lowest BCUT2D eigenvalue weighted by Gasteiger charge is -2.34. The number of nitrogens with zero attached hydrogens (tertiary/aromatic N) is 4. The first-order chi connectivity index (χ1) is 13.6. The van der Waals surface area contributed by atoms with E-state index in [2.05, 4.69) is 27.6 Å². The maximum atomic E-state index is 5.91. The Morgan fingerprint density at radius 3 is 2.79 bits per heavy atom. The number of thioether (sulfide) groups is 2. The monoisotopic (exact) mass is 434 g/mol. The summed E-state index contributed by atoms with van der Waals surface area (Å²) in [6, 6.07) is 7.17. The van der Waals surface area contributed by atoms with Crippen LogP contribution in [0, 0.1) is 0 Å². The molecule has 0 spiro atoms. The van der Waals surface area contributed by atoms with Gasteiger partial charge in [-0.1, -0.05) is 30.3 Å². The molecular weight excluding hydrogens is 416 g/mol. The second-order valence-corrected chi connectivity index (χ2v) is 8.45. The minimum atomic E-state index is -0.0308. The number of fused-ring (bicyclic) bond motifs is 3. The van der Waals surface area contributed by atoms with Crippen LogP contribution in [0.5, 0.6) is 5.75 Å². The molecule has 7 nitrogen and oxygen atoms in total. The van der Waals surface area contributed by atoms with Crippen LogP contribution in [-0.4, -0.2) is 39.0 Å². The average Bonchev–Trinajstić information content (AvgIpc) is 3.12. The molecule has 1 unspecified atom stereocenters. The van der Waals surface area contributed by atoms with E-state index in [9.17, 15) is 0 Å². The fourth-order valence-corrected chi connectivity index (χ4v) is 4.17. The third-order valence-electron chi connectivity index (χ3n) is 4.09. The van der Waals surface area contributed by atoms with E-state index >= 15 is 0 Å². The topological polar surface area (TPSA) is 74.7 Å². The molecule has 2 N–H and O–H groups in total. The summed E-state index contributed by atoms with van der Waals surface area (Å²) < 4.78 is 5.70. The number of benzene rings is 1. The molecule has 1 atom stereocenters. The number of hydrogen-bond donors (Lipinski definition) is 2. The molecule has 2 aromatic rings. The maximum absolute atomic E-state index is 5.91. The first-order valence-electron chi connectivity index (χ1n) is 8.71.